The Morgan fingerprint density at radius 1 is 0.842 bits per heavy atom. The van der Waals surface area contributed by atoms with Crippen molar-refractivity contribution in [1.29, 1.82) is 0 Å². The molecule has 0 aliphatic heterocycles. The molecule has 0 aliphatic rings. The zero-order valence-corrected chi connectivity index (χ0v) is 21.4. The number of aliphatic hydroxyl groups is 1. The van der Waals surface area contributed by atoms with E-state index in [0.717, 1.165) is 16.5 Å². The first-order valence-corrected chi connectivity index (χ1v) is 12.6. The van der Waals surface area contributed by atoms with Gasteiger partial charge >= 0.3 is 5.97 Å². The quantitative estimate of drug-likeness (QED) is 0.137. The molecule has 1 aromatic heterocycles. The van der Waals surface area contributed by atoms with Crippen molar-refractivity contribution in [3.63, 3.8) is 0 Å². The van der Waals surface area contributed by atoms with Gasteiger partial charge in [0.2, 0.25) is 17.7 Å². The molecular weight excluding hydrogens is 510 g/mol. The number of amides is 3. The number of carboxylic acid groups (broad SMARTS) is 1. The summed E-state index contributed by atoms with van der Waals surface area (Å²) in [6.45, 7) is -0.823. The van der Waals surface area contributed by atoms with Gasteiger partial charge in [-0.25, -0.2) is 4.79 Å². The smallest absolute Gasteiger partial charge is 0.328 e. The van der Waals surface area contributed by atoms with E-state index in [1.165, 1.54) is 0 Å². The average molecular weight is 542 g/mol. The maximum atomic E-state index is 13.1. The molecule has 11 nitrogen and oxygen atoms in total. The Bertz CT molecular complexity index is 1270. The second kappa shape index (κ2) is 13.6. The minimum atomic E-state index is -1.54. The summed E-state index contributed by atoms with van der Waals surface area (Å²) in [6.07, 6.45) is 2.06. The summed E-state index contributed by atoms with van der Waals surface area (Å²) >= 11 is 4.17. The van der Waals surface area contributed by atoms with Gasteiger partial charge in [0, 0.05) is 29.3 Å². The van der Waals surface area contributed by atoms with E-state index in [9.17, 15) is 24.3 Å². The number of thiol groups is 1. The second-order valence-electron chi connectivity index (χ2n) is 8.75. The van der Waals surface area contributed by atoms with Crippen LogP contribution in [0.5, 0.6) is 0 Å². The molecule has 0 bridgehead atoms. The molecule has 0 spiro atoms. The van der Waals surface area contributed by atoms with Gasteiger partial charge in [0.15, 0.2) is 0 Å². The van der Waals surface area contributed by atoms with Crippen LogP contribution >= 0.6 is 12.6 Å². The summed E-state index contributed by atoms with van der Waals surface area (Å²) in [5.74, 6) is -3.57. The van der Waals surface area contributed by atoms with E-state index in [1.54, 1.807) is 36.5 Å². The highest BCUT2D eigenvalue weighted by Crippen LogP contribution is 2.18. The van der Waals surface area contributed by atoms with Crippen molar-refractivity contribution < 1.29 is 29.4 Å². The van der Waals surface area contributed by atoms with Crippen LogP contribution in [0.2, 0.25) is 0 Å². The fraction of sp³-hybridized carbons (Fsp3) is 0.308. The van der Waals surface area contributed by atoms with Crippen molar-refractivity contribution in [2.24, 2.45) is 5.73 Å². The number of fused-ring (bicyclic) bond motifs is 1. The Hall–Kier alpha value is -3.87. The number of benzene rings is 2. The molecular formula is C26H31N5O6S. The summed E-state index contributed by atoms with van der Waals surface area (Å²) in [4.78, 5) is 53.1. The van der Waals surface area contributed by atoms with Gasteiger partial charge in [0.25, 0.3) is 0 Å². The number of H-pyrrole nitrogens is 1. The van der Waals surface area contributed by atoms with Gasteiger partial charge < -0.3 is 36.9 Å². The van der Waals surface area contributed by atoms with Crippen LogP contribution in [-0.4, -0.2) is 75.4 Å². The Labute approximate surface area is 224 Å². The predicted octanol–water partition coefficient (Wildman–Crippen LogP) is -0.258. The molecule has 38 heavy (non-hydrogen) atoms. The molecule has 3 amide bonds. The lowest BCUT2D eigenvalue weighted by molar-refractivity contribution is -0.143. The Morgan fingerprint density at radius 2 is 1.45 bits per heavy atom. The van der Waals surface area contributed by atoms with E-state index < -0.39 is 54.5 Å². The summed E-state index contributed by atoms with van der Waals surface area (Å²) in [6, 6.07) is 11.6. The number of nitrogens with one attached hydrogen (secondary N) is 4. The molecule has 3 rings (SSSR count). The van der Waals surface area contributed by atoms with Gasteiger partial charge in [-0.05, 0) is 23.6 Å². The van der Waals surface area contributed by atoms with E-state index >= 15 is 0 Å². The number of aromatic amines is 1. The zero-order chi connectivity index (χ0) is 27.7. The van der Waals surface area contributed by atoms with E-state index in [-0.39, 0.29) is 18.6 Å². The average Bonchev–Trinajstić information content (AvgIpc) is 3.32. The van der Waals surface area contributed by atoms with Crippen LogP contribution in [-0.2, 0) is 32.0 Å². The fourth-order valence-electron chi connectivity index (χ4n) is 3.89. The molecule has 0 aliphatic carbocycles. The first-order chi connectivity index (χ1) is 18.2. The SMILES string of the molecule is NC(Cc1c[nH]c2ccccc12)C(=O)NC(CS)C(=O)NC(Cc1ccccc1)C(=O)NC(CO)C(=O)O. The predicted molar refractivity (Wildman–Crippen MR) is 144 cm³/mol. The Morgan fingerprint density at radius 3 is 2.11 bits per heavy atom. The lowest BCUT2D eigenvalue weighted by atomic mass is 10.0. The number of hydrogen-bond acceptors (Lipinski definition) is 7. The highest BCUT2D eigenvalue weighted by molar-refractivity contribution is 7.80. The summed E-state index contributed by atoms with van der Waals surface area (Å²) in [7, 11) is 0. The normalized spacial score (nSPS) is 14.2. The third-order valence-corrected chi connectivity index (χ3v) is 6.35. The van der Waals surface area contributed by atoms with E-state index in [4.69, 9.17) is 10.8 Å². The van der Waals surface area contributed by atoms with Crippen LogP contribution in [0.1, 0.15) is 11.1 Å². The molecule has 12 heteroatoms. The maximum Gasteiger partial charge on any atom is 0.328 e. The molecule has 1 heterocycles. The monoisotopic (exact) mass is 541 g/mol. The van der Waals surface area contributed by atoms with Gasteiger partial charge in [0.05, 0.1) is 12.6 Å². The van der Waals surface area contributed by atoms with E-state index in [0.29, 0.717) is 5.56 Å². The van der Waals surface area contributed by atoms with Gasteiger partial charge in [-0.15, -0.1) is 0 Å². The van der Waals surface area contributed by atoms with Crippen molar-refractivity contribution in [1.82, 2.24) is 20.9 Å². The summed E-state index contributed by atoms with van der Waals surface area (Å²) in [5, 5.41) is 26.7. The van der Waals surface area contributed by atoms with Gasteiger partial charge in [0.1, 0.15) is 18.1 Å². The Balaban J connectivity index is 1.67. The molecule has 2 aromatic carbocycles. The lowest BCUT2D eigenvalue weighted by Gasteiger charge is -2.24. The molecule has 0 radical (unpaired) electrons. The molecule has 8 N–H and O–H groups in total. The minimum absolute atomic E-state index is 0.0451. The fourth-order valence-corrected chi connectivity index (χ4v) is 4.15. The zero-order valence-electron chi connectivity index (χ0n) is 20.5. The van der Waals surface area contributed by atoms with Crippen molar-refractivity contribution >= 4 is 47.2 Å². The summed E-state index contributed by atoms with van der Waals surface area (Å²) < 4.78 is 0. The molecule has 0 fully saturated rings. The van der Waals surface area contributed by atoms with E-state index in [1.807, 2.05) is 24.3 Å². The number of rotatable bonds is 13. The highest BCUT2D eigenvalue weighted by Gasteiger charge is 2.30. The largest absolute Gasteiger partial charge is 0.480 e. The molecule has 4 atom stereocenters. The van der Waals surface area contributed by atoms with Crippen molar-refractivity contribution in [3.8, 4) is 0 Å². The first-order valence-electron chi connectivity index (χ1n) is 11.9. The molecule has 3 aromatic rings. The van der Waals surface area contributed by atoms with E-state index in [2.05, 4.69) is 33.6 Å². The number of carboxylic acids is 1. The van der Waals surface area contributed by atoms with Crippen molar-refractivity contribution in [2.45, 2.75) is 37.0 Å². The van der Waals surface area contributed by atoms with Crippen LogP contribution < -0.4 is 21.7 Å². The van der Waals surface area contributed by atoms with Crippen molar-refractivity contribution in [2.75, 3.05) is 12.4 Å². The van der Waals surface area contributed by atoms with Crippen LogP contribution in [0.25, 0.3) is 10.9 Å². The standard InChI is InChI=1S/C26H31N5O6S/c27-18(11-16-12-28-19-9-5-4-8-17(16)19)23(33)31-22(14-38)25(35)29-20(10-15-6-2-1-3-7-15)24(34)30-21(13-32)26(36)37/h1-9,12,18,20-22,28,32,38H,10-11,13-14,27H2,(H,29,35)(H,30,34)(H,31,33)(H,36,37). The highest BCUT2D eigenvalue weighted by atomic mass is 32.1. The number of carbonyl (C=O) groups excluding carboxylic acids is 3. The molecule has 0 saturated heterocycles. The first kappa shape index (κ1) is 28.7. The molecule has 4 unspecified atom stereocenters. The number of hydrogen-bond donors (Lipinski definition) is 8. The van der Waals surface area contributed by atoms with Gasteiger partial charge in [-0.2, -0.15) is 12.6 Å². The summed E-state index contributed by atoms with van der Waals surface area (Å²) in [5.41, 5.74) is 8.60. The van der Waals surface area contributed by atoms with Crippen LogP contribution in [0.15, 0.2) is 60.8 Å². The third kappa shape index (κ3) is 7.57. The van der Waals surface area contributed by atoms with Crippen LogP contribution in [0.3, 0.4) is 0 Å². The molecule has 202 valence electrons. The number of carbonyl (C=O) groups is 4. The molecule has 0 saturated carbocycles. The van der Waals surface area contributed by atoms with Crippen LogP contribution in [0, 0.1) is 0 Å². The Kier molecular flexibility index (Phi) is 10.3. The van der Waals surface area contributed by atoms with Gasteiger partial charge in [-0.1, -0.05) is 48.5 Å². The minimum Gasteiger partial charge on any atom is -0.480 e. The number of nitrogens with two attached hydrogens (primary N) is 1. The number of aromatic nitrogens is 1. The topological polar surface area (TPSA) is 187 Å². The third-order valence-electron chi connectivity index (χ3n) is 5.98. The van der Waals surface area contributed by atoms with Gasteiger partial charge in [-0.3, -0.25) is 14.4 Å². The second-order valence-corrected chi connectivity index (χ2v) is 9.11. The van der Waals surface area contributed by atoms with Crippen LogP contribution in [0.4, 0.5) is 0 Å². The number of aliphatic hydroxyl groups excluding tert-OH is 1. The number of aliphatic carboxylic acids is 1. The number of para-hydroxylation sites is 1. The van der Waals surface area contributed by atoms with Crippen molar-refractivity contribution in [3.05, 3.63) is 71.9 Å². The lowest BCUT2D eigenvalue weighted by Crippen LogP contribution is -2.58. The maximum absolute atomic E-state index is 13.1.